The van der Waals surface area contributed by atoms with E-state index in [1.165, 1.54) is 11.0 Å². The van der Waals surface area contributed by atoms with Crippen LogP contribution in [0.4, 0.5) is 13.2 Å². The molecule has 3 rings (SSSR count). The second-order valence-electron chi connectivity index (χ2n) is 6.92. The molecule has 1 aliphatic heterocycles. The SMILES string of the molecule is CCc1ccc(O)c(C(=O)N2CCN(S(=O)(=O)c3ccc(C(F)(F)F)cc3)CC2)c1. The van der Waals surface area contributed by atoms with E-state index in [0.29, 0.717) is 6.42 Å². The first-order valence-corrected chi connectivity index (χ1v) is 10.8. The van der Waals surface area contributed by atoms with E-state index in [1.54, 1.807) is 12.1 Å². The highest BCUT2D eigenvalue weighted by Crippen LogP contribution is 2.30. The van der Waals surface area contributed by atoms with Gasteiger partial charge in [-0.3, -0.25) is 4.79 Å². The average molecular weight is 442 g/mol. The van der Waals surface area contributed by atoms with Gasteiger partial charge in [-0.05, 0) is 48.4 Å². The Morgan fingerprint density at radius 3 is 2.17 bits per heavy atom. The zero-order chi connectivity index (χ0) is 22.1. The molecule has 1 heterocycles. The molecule has 0 aliphatic carbocycles. The molecule has 0 spiro atoms. The van der Waals surface area contributed by atoms with Crippen molar-refractivity contribution in [2.24, 2.45) is 0 Å². The number of benzene rings is 2. The number of hydrogen-bond acceptors (Lipinski definition) is 4. The van der Waals surface area contributed by atoms with Gasteiger partial charge in [-0.2, -0.15) is 17.5 Å². The number of piperazine rings is 1. The van der Waals surface area contributed by atoms with E-state index in [1.807, 2.05) is 6.92 Å². The summed E-state index contributed by atoms with van der Waals surface area (Å²) in [6.45, 7) is 2.14. The molecular formula is C20H21F3N2O4S. The largest absolute Gasteiger partial charge is 0.507 e. The summed E-state index contributed by atoms with van der Waals surface area (Å²) >= 11 is 0. The molecule has 1 N–H and O–H groups in total. The Morgan fingerprint density at radius 2 is 1.63 bits per heavy atom. The third kappa shape index (κ3) is 4.44. The van der Waals surface area contributed by atoms with Gasteiger partial charge in [0.05, 0.1) is 16.0 Å². The summed E-state index contributed by atoms with van der Waals surface area (Å²) in [6.07, 6.45) is -3.85. The fraction of sp³-hybridized carbons (Fsp3) is 0.350. The van der Waals surface area contributed by atoms with Crippen LogP contribution in [-0.4, -0.2) is 54.8 Å². The van der Waals surface area contributed by atoms with Crippen molar-refractivity contribution in [3.8, 4) is 5.75 Å². The van der Waals surface area contributed by atoms with E-state index in [0.717, 1.165) is 34.1 Å². The van der Waals surface area contributed by atoms with E-state index < -0.39 is 27.7 Å². The minimum absolute atomic E-state index is 0.00330. The number of aryl methyl sites for hydroxylation is 1. The van der Waals surface area contributed by atoms with Gasteiger partial charge >= 0.3 is 6.18 Å². The molecule has 6 nitrogen and oxygen atoms in total. The van der Waals surface area contributed by atoms with Crippen LogP contribution < -0.4 is 0 Å². The fourth-order valence-corrected chi connectivity index (χ4v) is 4.66. The van der Waals surface area contributed by atoms with Gasteiger partial charge < -0.3 is 10.0 Å². The fourth-order valence-electron chi connectivity index (χ4n) is 3.24. The van der Waals surface area contributed by atoms with Crippen molar-refractivity contribution in [3.63, 3.8) is 0 Å². The summed E-state index contributed by atoms with van der Waals surface area (Å²) in [5, 5.41) is 10.0. The van der Waals surface area contributed by atoms with Crippen LogP contribution in [0.15, 0.2) is 47.4 Å². The molecule has 0 atom stereocenters. The maximum absolute atomic E-state index is 12.7. The van der Waals surface area contributed by atoms with Gasteiger partial charge in [0.1, 0.15) is 5.75 Å². The smallest absolute Gasteiger partial charge is 0.416 e. The molecule has 162 valence electrons. The molecule has 1 amide bonds. The number of alkyl halides is 3. The molecule has 30 heavy (non-hydrogen) atoms. The van der Waals surface area contributed by atoms with Crippen molar-refractivity contribution >= 4 is 15.9 Å². The normalized spacial score (nSPS) is 15.9. The van der Waals surface area contributed by atoms with Crippen molar-refractivity contribution in [2.75, 3.05) is 26.2 Å². The number of nitrogens with zero attached hydrogens (tertiary/aromatic N) is 2. The van der Waals surface area contributed by atoms with Crippen molar-refractivity contribution in [2.45, 2.75) is 24.4 Å². The van der Waals surface area contributed by atoms with Crippen LogP contribution in [0.3, 0.4) is 0 Å². The Hall–Kier alpha value is -2.59. The number of rotatable bonds is 4. The molecule has 2 aromatic rings. The third-order valence-corrected chi connectivity index (χ3v) is 6.96. The average Bonchev–Trinajstić information content (AvgIpc) is 2.73. The first-order valence-electron chi connectivity index (χ1n) is 9.32. The molecule has 2 aromatic carbocycles. The maximum Gasteiger partial charge on any atom is 0.416 e. The number of phenols is 1. The van der Waals surface area contributed by atoms with E-state index in [2.05, 4.69) is 0 Å². The molecule has 10 heteroatoms. The first-order chi connectivity index (χ1) is 14.0. The van der Waals surface area contributed by atoms with Crippen LogP contribution >= 0.6 is 0 Å². The number of carbonyl (C=O) groups excluding carboxylic acids is 1. The summed E-state index contributed by atoms with van der Waals surface area (Å²) < 4.78 is 64.7. The number of hydrogen-bond donors (Lipinski definition) is 1. The van der Waals surface area contributed by atoms with Crippen molar-refractivity contribution in [1.29, 1.82) is 0 Å². The molecular weight excluding hydrogens is 421 g/mol. The Bertz CT molecular complexity index is 1030. The second kappa shape index (κ2) is 8.27. The summed E-state index contributed by atoms with van der Waals surface area (Å²) in [7, 11) is -3.98. The van der Waals surface area contributed by atoms with Gasteiger partial charge in [-0.25, -0.2) is 8.42 Å². The highest BCUT2D eigenvalue weighted by atomic mass is 32.2. The Labute approximate surface area is 172 Å². The van der Waals surface area contributed by atoms with Crippen molar-refractivity contribution in [1.82, 2.24) is 9.21 Å². The molecule has 0 saturated carbocycles. The number of sulfonamides is 1. The van der Waals surface area contributed by atoms with Crippen molar-refractivity contribution < 1.29 is 31.5 Å². The molecule has 1 fully saturated rings. The van der Waals surface area contributed by atoms with E-state index >= 15 is 0 Å². The van der Waals surface area contributed by atoms with Gasteiger partial charge in [-0.1, -0.05) is 13.0 Å². The maximum atomic E-state index is 12.7. The second-order valence-corrected chi connectivity index (χ2v) is 8.86. The third-order valence-electron chi connectivity index (χ3n) is 5.04. The van der Waals surface area contributed by atoms with Crippen LogP contribution in [0.2, 0.25) is 0 Å². The number of phenolic OH excluding ortho intramolecular Hbond substituents is 1. The zero-order valence-corrected chi connectivity index (χ0v) is 17.0. The van der Waals surface area contributed by atoms with E-state index in [-0.39, 0.29) is 42.4 Å². The van der Waals surface area contributed by atoms with Gasteiger partial charge in [0.2, 0.25) is 10.0 Å². The summed E-state index contributed by atoms with van der Waals surface area (Å²) in [4.78, 5) is 14.0. The lowest BCUT2D eigenvalue weighted by atomic mass is 10.1. The van der Waals surface area contributed by atoms with Gasteiger partial charge in [0.15, 0.2) is 0 Å². The van der Waals surface area contributed by atoms with Gasteiger partial charge in [-0.15, -0.1) is 0 Å². The summed E-state index contributed by atoms with van der Waals surface area (Å²) in [5.74, 6) is -0.536. The van der Waals surface area contributed by atoms with Crippen LogP contribution in [0.1, 0.15) is 28.4 Å². The minimum Gasteiger partial charge on any atom is -0.507 e. The standard InChI is InChI=1S/C20H21F3N2O4S/c1-2-14-3-8-18(26)17(13-14)19(27)24-9-11-25(12-10-24)30(28,29)16-6-4-15(5-7-16)20(21,22)23/h3-8,13,26H,2,9-12H2,1H3. The minimum atomic E-state index is -4.55. The summed E-state index contributed by atoms with van der Waals surface area (Å²) in [5.41, 5.74) is 0.124. The lowest BCUT2D eigenvalue weighted by molar-refractivity contribution is -0.137. The quantitative estimate of drug-likeness (QED) is 0.789. The Balaban J connectivity index is 1.71. The lowest BCUT2D eigenvalue weighted by Gasteiger charge is -2.34. The topological polar surface area (TPSA) is 77.9 Å². The van der Waals surface area contributed by atoms with Crippen molar-refractivity contribution in [3.05, 3.63) is 59.2 Å². The van der Waals surface area contributed by atoms with Crippen LogP contribution in [0.25, 0.3) is 0 Å². The predicted octanol–water partition coefficient (Wildman–Crippen LogP) is 3.12. The highest BCUT2D eigenvalue weighted by molar-refractivity contribution is 7.89. The van der Waals surface area contributed by atoms with E-state index in [9.17, 15) is 31.5 Å². The van der Waals surface area contributed by atoms with Crippen LogP contribution in [0, 0.1) is 0 Å². The molecule has 0 radical (unpaired) electrons. The predicted molar refractivity (Wildman–Crippen MR) is 104 cm³/mol. The number of amides is 1. The number of halogens is 3. The van der Waals surface area contributed by atoms with E-state index in [4.69, 9.17) is 0 Å². The number of aromatic hydroxyl groups is 1. The number of carbonyl (C=O) groups is 1. The zero-order valence-electron chi connectivity index (χ0n) is 16.2. The Kier molecular flexibility index (Phi) is 6.09. The van der Waals surface area contributed by atoms with Crippen LogP contribution in [0.5, 0.6) is 5.75 Å². The lowest BCUT2D eigenvalue weighted by Crippen LogP contribution is -2.50. The monoisotopic (exact) mass is 442 g/mol. The molecule has 1 saturated heterocycles. The summed E-state index contributed by atoms with van der Waals surface area (Å²) in [6, 6.07) is 8.13. The van der Waals surface area contributed by atoms with Crippen LogP contribution in [-0.2, 0) is 22.6 Å². The molecule has 0 bridgehead atoms. The Morgan fingerprint density at radius 1 is 1.03 bits per heavy atom. The highest BCUT2D eigenvalue weighted by Gasteiger charge is 2.33. The van der Waals surface area contributed by atoms with Gasteiger partial charge in [0, 0.05) is 26.2 Å². The molecule has 1 aliphatic rings. The molecule has 0 unspecified atom stereocenters. The first kappa shape index (κ1) is 22.1. The molecule has 0 aromatic heterocycles. The van der Waals surface area contributed by atoms with Gasteiger partial charge in [0.25, 0.3) is 5.91 Å².